The number of benzene rings is 1. The van der Waals surface area contributed by atoms with Crippen LogP contribution in [-0.2, 0) is 4.79 Å². The van der Waals surface area contributed by atoms with Crippen molar-refractivity contribution in [3.8, 4) is 0 Å². The molecule has 0 spiro atoms. The predicted molar refractivity (Wildman–Crippen MR) is 164 cm³/mol. The molecule has 0 fully saturated rings. The van der Waals surface area contributed by atoms with Gasteiger partial charge in [0.1, 0.15) is 5.82 Å². The summed E-state index contributed by atoms with van der Waals surface area (Å²) < 4.78 is 13.4. The Balaban J connectivity index is 0.00000175. The molecule has 1 aliphatic heterocycles. The SMILES string of the molecule is C=C1C=C(CCCC(N)CNC=O)C=CN1/C(C)=C(C)/C(C)=C/c1ccc(F)cc1C.CC.CCC(C)C. The van der Waals surface area contributed by atoms with E-state index in [-0.39, 0.29) is 11.9 Å². The van der Waals surface area contributed by atoms with Crippen LogP contribution in [0.3, 0.4) is 0 Å². The molecule has 0 saturated carbocycles. The molecule has 1 heterocycles. The zero-order chi connectivity index (χ0) is 29.3. The summed E-state index contributed by atoms with van der Waals surface area (Å²) in [5.74, 6) is 0.669. The Morgan fingerprint density at radius 3 is 2.37 bits per heavy atom. The molecule has 3 N–H and O–H groups in total. The van der Waals surface area contributed by atoms with E-state index in [0.29, 0.717) is 13.0 Å². The molecule has 4 nitrogen and oxygen atoms in total. The summed E-state index contributed by atoms with van der Waals surface area (Å²) in [5, 5.41) is 2.62. The number of rotatable bonds is 11. The van der Waals surface area contributed by atoms with Crippen LogP contribution in [-0.4, -0.2) is 23.9 Å². The maximum absolute atomic E-state index is 13.4. The van der Waals surface area contributed by atoms with Crippen molar-refractivity contribution in [3.05, 3.63) is 88.2 Å². The predicted octanol–water partition coefficient (Wildman–Crippen LogP) is 8.42. The first kappa shape index (κ1) is 35.1. The van der Waals surface area contributed by atoms with Crippen LogP contribution in [0.15, 0.2) is 71.2 Å². The monoisotopic (exact) mass is 525 g/mol. The highest BCUT2D eigenvalue weighted by Crippen LogP contribution is 2.28. The first-order valence-electron chi connectivity index (χ1n) is 13.9. The molecule has 1 aromatic carbocycles. The maximum Gasteiger partial charge on any atom is 0.207 e. The highest BCUT2D eigenvalue weighted by Gasteiger charge is 2.14. The van der Waals surface area contributed by atoms with Crippen molar-refractivity contribution in [3.63, 3.8) is 0 Å². The van der Waals surface area contributed by atoms with Gasteiger partial charge in [-0.25, -0.2) is 4.39 Å². The Bertz CT molecular complexity index is 1000. The minimum absolute atomic E-state index is 0.0228. The highest BCUT2D eigenvalue weighted by atomic mass is 19.1. The van der Waals surface area contributed by atoms with Crippen molar-refractivity contribution >= 4 is 12.5 Å². The van der Waals surface area contributed by atoms with Gasteiger partial charge in [0.2, 0.25) is 6.41 Å². The summed E-state index contributed by atoms with van der Waals surface area (Å²) in [4.78, 5) is 12.4. The van der Waals surface area contributed by atoms with Crippen LogP contribution >= 0.6 is 0 Å². The summed E-state index contributed by atoms with van der Waals surface area (Å²) in [6.45, 7) is 23.5. The van der Waals surface area contributed by atoms with Crippen molar-refractivity contribution in [1.82, 2.24) is 10.2 Å². The van der Waals surface area contributed by atoms with Gasteiger partial charge in [0.15, 0.2) is 0 Å². The van der Waals surface area contributed by atoms with Gasteiger partial charge >= 0.3 is 0 Å². The van der Waals surface area contributed by atoms with E-state index in [9.17, 15) is 9.18 Å². The normalized spacial score (nSPS) is 14.5. The lowest BCUT2D eigenvalue weighted by atomic mass is 9.99. The Morgan fingerprint density at radius 1 is 1.21 bits per heavy atom. The Kier molecular flexibility index (Phi) is 17.7. The molecular weight excluding hydrogens is 473 g/mol. The maximum atomic E-state index is 13.4. The molecule has 0 saturated heterocycles. The number of carbonyl (C=O) groups is 1. The van der Waals surface area contributed by atoms with Crippen molar-refractivity contribution in [2.45, 2.75) is 94.0 Å². The molecule has 1 aromatic rings. The van der Waals surface area contributed by atoms with E-state index < -0.39 is 0 Å². The fourth-order valence-electron chi connectivity index (χ4n) is 3.56. The summed E-state index contributed by atoms with van der Waals surface area (Å²) in [7, 11) is 0. The third-order valence-corrected chi connectivity index (χ3v) is 6.52. The minimum atomic E-state index is -0.215. The zero-order valence-electron chi connectivity index (χ0n) is 25.3. The van der Waals surface area contributed by atoms with Crippen molar-refractivity contribution in [1.29, 1.82) is 0 Å². The summed E-state index contributed by atoms with van der Waals surface area (Å²) in [6.07, 6.45) is 13.1. The molecule has 0 radical (unpaired) electrons. The van der Waals surface area contributed by atoms with Crippen molar-refractivity contribution in [2.75, 3.05) is 6.54 Å². The summed E-state index contributed by atoms with van der Waals surface area (Å²) >= 11 is 0. The van der Waals surface area contributed by atoms with Crippen LogP contribution < -0.4 is 11.1 Å². The standard InChI is InChI=1S/C26H34FN3O.C5H12.C2H6/c1-18(13-24-9-10-25(27)14-19(24)2)21(4)22(5)30-12-11-23(15-20(30)3)7-6-8-26(28)16-29-17-31;1-4-5(2)3;1-2/h9-15,17,26H,3,6-8,16,28H2,1-2,4-5H3,(H,29,31);5H,4H2,1-3H3;1-2H3/b18-13+,22-21+;;. The lowest BCUT2D eigenvalue weighted by Gasteiger charge is -2.27. The Morgan fingerprint density at radius 2 is 1.84 bits per heavy atom. The molecular formula is C33H52FN3O. The number of hydrogen-bond donors (Lipinski definition) is 2. The van der Waals surface area contributed by atoms with Gasteiger partial charge in [0.25, 0.3) is 0 Å². The second-order valence-corrected chi connectivity index (χ2v) is 9.92. The summed E-state index contributed by atoms with van der Waals surface area (Å²) in [5.41, 5.74) is 13.4. The number of allylic oxidation sites excluding steroid dienone is 6. The van der Waals surface area contributed by atoms with Gasteiger partial charge in [0.05, 0.1) is 0 Å². The van der Waals surface area contributed by atoms with Crippen LogP contribution in [0.4, 0.5) is 4.39 Å². The Labute approximate surface area is 232 Å². The molecule has 1 amide bonds. The first-order chi connectivity index (χ1) is 18.0. The zero-order valence-corrected chi connectivity index (χ0v) is 25.3. The lowest BCUT2D eigenvalue weighted by Crippen LogP contribution is -2.33. The Hall–Kier alpha value is -2.92. The third kappa shape index (κ3) is 13.0. The number of hydrogen-bond acceptors (Lipinski definition) is 3. The molecule has 0 aromatic heterocycles. The number of aryl methyl sites for hydroxylation is 1. The van der Waals surface area contributed by atoms with Crippen LogP contribution in [0.25, 0.3) is 6.08 Å². The molecule has 0 aliphatic carbocycles. The number of amides is 1. The van der Waals surface area contributed by atoms with E-state index in [0.717, 1.165) is 58.8 Å². The van der Waals surface area contributed by atoms with E-state index in [4.69, 9.17) is 5.73 Å². The van der Waals surface area contributed by atoms with E-state index in [1.54, 1.807) is 6.07 Å². The van der Waals surface area contributed by atoms with Gasteiger partial charge in [0, 0.05) is 30.2 Å². The molecule has 2 rings (SSSR count). The van der Waals surface area contributed by atoms with Gasteiger partial charge in [-0.05, 0) is 105 Å². The summed E-state index contributed by atoms with van der Waals surface area (Å²) in [6, 6.07) is 4.83. The van der Waals surface area contributed by atoms with Gasteiger partial charge in [-0.2, -0.15) is 0 Å². The van der Waals surface area contributed by atoms with Gasteiger partial charge in [-0.1, -0.05) is 59.8 Å². The molecule has 5 heteroatoms. The van der Waals surface area contributed by atoms with E-state index >= 15 is 0 Å². The molecule has 1 unspecified atom stereocenters. The smallest absolute Gasteiger partial charge is 0.207 e. The first-order valence-corrected chi connectivity index (χ1v) is 13.9. The molecule has 1 atom stereocenters. The fourth-order valence-corrected chi connectivity index (χ4v) is 3.56. The molecule has 0 bridgehead atoms. The number of nitrogens with one attached hydrogen (secondary N) is 1. The average molecular weight is 526 g/mol. The van der Waals surface area contributed by atoms with Crippen LogP contribution in [0, 0.1) is 18.7 Å². The van der Waals surface area contributed by atoms with Gasteiger partial charge in [-0.15, -0.1) is 0 Å². The third-order valence-electron chi connectivity index (χ3n) is 6.52. The number of nitrogens with two attached hydrogens (primary N) is 1. The van der Waals surface area contributed by atoms with Crippen molar-refractivity contribution < 1.29 is 9.18 Å². The highest BCUT2D eigenvalue weighted by molar-refractivity contribution is 5.61. The number of halogens is 1. The van der Waals surface area contributed by atoms with Crippen LogP contribution in [0.5, 0.6) is 0 Å². The largest absolute Gasteiger partial charge is 0.357 e. The average Bonchev–Trinajstić information content (AvgIpc) is 2.89. The second kappa shape index (κ2) is 19.2. The van der Waals surface area contributed by atoms with Crippen LogP contribution in [0.2, 0.25) is 0 Å². The van der Waals surface area contributed by atoms with E-state index in [1.165, 1.54) is 18.1 Å². The molecule has 1 aliphatic rings. The quantitative estimate of drug-likeness (QED) is 0.225. The lowest BCUT2D eigenvalue weighted by molar-refractivity contribution is -0.109. The number of nitrogens with zero attached hydrogens (tertiary/aromatic N) is 1. The topological polar surface area (TPSA) is 58.4 Å². The van der Waals surface area contributed by atoms with Gasteiger partial charge in [-0.3, -0.25) is 4.79 Å². The van der Waals surface area contributed by atoms with Crippen LogP contribution in [0.1, 0.15) is 92.2 Å². The molecule has 212 valence electrons. The van der Waals surface area contributed by atoms with E-state index in [2.05, 4.69) is 82.8 Å². The fraction of sp³-hybridized carbons (Fsp3) is 0.485. The van der Waals surface area contributed by atoms with E-state index in [1.807, 2.05) is 26.8 Å². The van der Waals surface area contributed by atoms with Crippen molar-refractivity contribution in [2.24, 2.45) is 11.7 Å². The number of carbonyl (C=O) groups excluding carboxylic acids is 1. The molecule has 38 heavy (non-hydrogen) atoms. The minimum Gasteiger partial charge on any atom is -0.357 e. The second-order valence-electron chi connectivity index (χ2n) is 9.92. The van der Waals surface area contributed by atoms with Gasteiger partial charge < -0.3 is 16.0 Å².